The number of amides is 1. The van der Waals surface area contributed by atoms with Crippen molar-refractivity contribution in [3.63, 3.8) is 0 Å². The first-order chi connectivity index (χ1) is 8.58. The van der Waals surface area contributed by atoms with Gasteiger partial charge >= 0.3 is 0 Å². The van der Waals surface area contributed by atoms with Crippen LogP contribution in [0.1, 0.15) is 17.5 Å². The summed E-state index contributed by atoms with van der Waals surface area (Å²) < 4.78 is 5.20. The molecule has 0 saturated heterocycles. The Hall–Kier alpha value is -0.550. The van der Waals surface area contributed by atoms with Gasteiger partial charge in [-0.05, 0) is 30.5 Å². The molecule has 0 spiro atoms. The maximum atomic E-state index is 11.7. The number of aryl methyl sites for hydroxylation is 1. The molecule has 0 aromatic heterocycles. The van der Waals surface area contributed by atoms with E-state index in [0.29, 0.717) is 6.54 Å². The summed E-state index contributed by atoms with van der Waals surface area (Å²) in [5.41, 5.74) is 2.14. The zero-order valence-electron chi connectivity index (χ0n) is 10.5. The van der Waals surface area contributed by atoms with Crippen LogP contribution in [-0.2, 0) is 11.3 Å². The summed E-state index contributed by atoms with van der Waals surface area (Å²) in [5, 5.41) is 3.70. The molecule has 5 heteroatoms. The van der Waals surface area contributed by atoms with Gasteiger partial charge in [0.1, 0.15) is 5.75 Å². The van der Waals surface area contributed by atoms with Gasteiger partial charge in [-0.15, -0.1) is 0 Å². The molecule has 0 fully saturated rings. The summed E-state index contributed by atoms with van der Waals surface area (Å²) >= 11 is 6.67. The van der Waals surface area contributed by atoms with Crippen molar-refractivity contribution in [2.45, 2.75) is 24.7 Å². The lowest BCUT2D eigenvalue weighted by molar-refractivity contribution is -0.120. The second kappa shape index (κ2) is 7.79. The van der Waals surface area contributed by atoms with Crippen LogP contribution in [0.2, 0.25) is 0 Å². The fraction of sp³-hybridized carbons (Fsp3) is 0.462. The van der Waals surface area contributed by atoms with Crippen LogP contribution in [0.25, 0.3) is 0 Å². The molecule has 100 valence electrons. The minimum Gasteiger partial charge on any atom is -0.496 e. The van der Waals surface area contributed by atoms with Crippen molar-refractivity contribution in [3.8, 4) is 5.75 Å². The van der Waals surface area contributed by atoms with E-state index in [-0.39, 0.29) is 10.7 Å². The quantitative estimate of drug-likeness (QED) is 0.772. The number of benzene rings is 1. The van der Waals surface area contributed by atoms with Crippen LogP contribution in [0.4, 0.5) is 0 Å². The van der Waals surface area contributed by atoms with Gasteiger partial charge in [0.25, 0.3) is 0 Å². The zero-order chi connectivity index (χ0) is 13.5. The molecule has 0 heterocycles. The number of hydrogen-bond donors (Lipinski definition) is 1. The van der Waals surface area contributed by atoms with Gasteiger partial charge in [-0.1, -0.05) is 44.0 Å². The Morgan fingerprint density at radius 3 is 2.78 bits per heavy atom. The van der Waals surface area contributed by atoms with Crippen molar-refractivity contribution >= 4 is 37.8 Å². The van der Waals surface area contributed by atoms with Gasteiger partial charge in [-0.2, -0.15) is 0 Å². The summed E-state index contributed by atoms with van der Waals surface area (Å²) in [6.45, 7) is 2.52. The lowest BCUT2D eigenvalue weighted by Crippen LogP contribution is -2.30. The number of hydrogen-bond acceptors (Lipinski definition) is 2. The molecule has 0 saturated carbocycles. The van der Waals surface area contributed by atoms with Gasteiger partial charge < -0.3 is 10.1 Å². The van der Waals surface area contributed by atoms with E-state index in [0.717, 1.165) is 28.6 Å². The van der Waals surface area contributed by atoms with Crippen LogP contribution < -0.4 is 10.1 Å². The van der Waals surface area contributed by atoms with Crippen LogP contribution in [0, 0.1) is 6.92 Å². The Labute approximate surface area is 125 Å². The van der Waals surface area contributed by atoms with Crippen molar-refractivity contribution < 1.29 is 9.53 Å². The maximum absolute atomic E-state index is 11.7. The number of carbonyl (C=O) groups excluding carboxylic acids is 1. The van der Waals surface area contributed by atoms with E-state index in [2.05, 4.69) is 37.2 Å². The molecule has 1 aromatic carbocycles. The van der Waals surface area contributed by atoms with E-state index >= 15 is 0 Å². The van der Waals surface area contributed by atoms with Crippen LogP contribution in [0.5, 0.6) is 5.75 Å². The van der Waals surface area contributed by atoms with Crippen molar-refractivity contribution in [2.75, 3.05) is 12.4 Å². The minimum atomic E-state index is -0.142. The fourth-order valence-corrected chi connectivity index (χ4v) is 3.04. The molecule has 0 bridgehead atoms. The standard InChI is InChI=1S/C13H17Br2NO2/c1-9-7-10(3-4-12(9)18-2)8-16-13(17)11(15)5-6-14/h3-4,7,11H,5-6,8H2,1-2H3,(H,16,17). The maximum Gasteiger partial charge on any atom is 0.234 e. The number of carbonyl (C=O) groups is 1. The lowest BCUT2D eigenvalue weighted by atomic mass is 10.1. The molecular formula is C13H17Br2NO2. The normalized spacial score (nSPS) is 12.0. The second-order valence-electron chi connectivity index (χ2n) is 3.97. The SMILES string of the molecule is COc1ccc(CNC(=O)C(Br)CCBr)cc1C. The molecule has 1 amide bonds. The molecule has 0 aliphatic rings. The number of alkyl halides is 2. The van der Waals surface area contributed by atoms with E-state index in [4.69, 9.17) is 4.74 Å². The monoisotopic (exact) mass is 377 g/mol. The van der Waals surface area contributed by atoms with Crippen LogP contribution in [0.3, 0.4) is 0 Å². The van der Waals surface area contributed by atoms with E-state index < -0.39 is 0 Å². The van der Waals surface area contributed by atoms with Gasteiger partial charge in [0, 0.05) is 11.9 Å². The van der Waals surface area contributed by atoms with Crippen LogP contribution in [-0.4, -0.2) is 23.2 Å². The van der Waals surface area contributed by atoms with E-state index in [1.165, 1.54) is 0 Å². The third-order valence-corrected chi connectivity index (χ3v) is 3.90. The highest BCUT2D eigenvalue weighted by atomic mass is 79.9. The average molecular weight is 379 g/mol. The zero-order valence-corrected chi connectivity index (χ0v) is 13.7. The minimum absolute atomic E-state index is 0.0166. The molecule has 1 atom stereocenters. The lowest BCUT2D eigenvalue weighted by Gasteiger charge is -2.11. The molecule has 1 N–H and O–H groups in total. The summed E-state index contributed by atoms with van der Waals surface area (Å²) in [6, 6.07) is 5.90. The predicted octanol–water partition coefficient (Wildman–Crippen LogP) is 3.17. The first kappa shape index (κ1) is 15.5. The number of rotatable bonds is 6. The highest BCUT2D eigenvalue weighted by Gasteiger charge is 2.13. The first-order valence-corrected chi connectivity index (χ1v) is 7.73. The number of methoxy groups -OCH3 is 1. The summed E-state index contributed by atoms with van der Waals surface area (Å²) in [6.07, 6.45) is 0.771. The van der Waals surface area contributed by atoms with Crippen molar-refractivity contribution in [1.82, 2.24) is 5.32 Å². The molecule has 1 unspecified atom stereocenters. The highest BCUT2D eigenvalue weighted by Crippen LogP contribution is 2.18. The van der Waals surface area contributed by atoms with Gasteiger partial charge in [0.15, 0.2) is 0 Å². The first-order valence-electron chi connectivity index (χ1n) is 5.69. The van der Waals surface area contributed by atoms with E-state index in [1.807, 2.05) is 25.1 Å². The number of ether oxygens (including phenoxy) is 1. The summed E-state index contributed by atoms with van der Waals surface area (Å²) in [5.74, 6) is 0.880. The molecule has 0 aliphatic heterocycles. The smallest absolute Gasteiger partial charge is 0.234 e. The Bertz CT molecular complexity index is 410. The Morgan fingerprint density at radius 2 is 2.22 bits per heavy atom. The predicted molar refractivity (Wildman–Crippen MR) is 80.7 cm³/mol. The van der Waals surface area contributed by atoms with Gasteiger partial charge in [0.2, 0.25) is 5.91 Å². The molecular weight excluding hydrogens is 362 g/mol. The van der Waals surface area contributed by atoms with Crippen molar-refractivity contribution in [2.24, 2.45) is 0 Å². The molecule has 1 aromatic rings. The summed E-state index contributed by atoms with van der Waals surface area (Å²) in [4.78, 5) is 11.6. The van der Waals surface area contributed by atoms with Gasteiger partial charge in [-0.3, -0.25) is 4.79 Å². The Balaban J connectivity index is 2.53. The molecule has 0 aliphatic carbocycles. The molecule has 18 heavy (non-hydrogen) atoms. The molecule has 1 rings (SSSR count). The molecule has 3 nitrogen and oxygen atoms in total. The largest absolute Gasteiger partial charge is 0.496 e. The third-order valence-electron chi connectivity index (χ3n) is 2.57. The topological polar surface area (TPSA) is 38.3 Å². The number of nitrogens with one attached hydrogen (secondary N) is 1. The van der Waals surface area contributed by atoms with Gasteiger partial charge in [-0.25, -0.2) is 0 Å². The van der Waals surface area contributed by atoms with E-state index in [1.54, 1.807) is 7.11 Å². The second-order valence-corrected chi connectivity index (χ2v) is 5.87. The summed E-state index contributed by atoms with van der Waals surface area (Å²) in [7, 11) is 1.65. The van der Waals surface area contributed by atoms with Crippen molar-refractivity contribution in [1.29, 1.82) is 0 Å². The third kappa shape index (κ3) is 4.61. The Morgan fingerprint density at radius 1 is 1.50 bits per heavy atom. The number of halogens is 2. The van der Waals surface area contributed by atoms with Crippen LogP contribution >= 0.6 is 31.9 Å². The Kier molecular flexibility index (Phi) is 6.71. The molecule has 0 radical (unpaired) electrons. The van der Waals surface area contributed by atoms with Crippen molar-refractivity contribution in [3.05, 3.63) is 29.3 Å². The van der Waals surface area contributed by atoms with E-state index in [9.17, 15) is 4.79 Å². The van der Waals surface area contributed by atoms with Crippen LogP contribution in [0.15, 0.2) is 18.2 Å². The average Bonchev–Trinajstić information content (AvgIpc) is 2.36. The highest BCUT2D eigenvalue weighted by molar-refractivity contribution is 9.10. The fourth-order valence-electron chi connectivity index (χ4n) is 1.58. The van der Waals surface area contributed by atoms with Gasteiger partial charge in [0.05, 0.1) is 11.9 Å².